The van der Waals surface area contributed by atoms with E-state index < -0.39 is 24.8 Å². The van der Waals surface area contributed by atoms with Crippen molar-refractivity contribution in [2.75, 3.05) is 18.9 Å². The monoisotopic (exact) mass is 266 g/mol. The third kappa shape index (κ3) is 3.54. The first-order valence-corrected chi connectivity index (χ1v) is 4.81. The van der Waals surface area contributed by atoms with Gasteiger partial charge in [0.15, 0.2) is 0 Å². The molecule has 100 valence electrons. The molecule has 1 amide bonds. The maximum Gasteiger partial charge on any atom is 0.324 e. The highest BCUT2D eigenvalue weighted by atomic mass is 19.3. The fourth-order valence-corrected chi connectivity index (χ4v) is 0.940. The van der Waals surface area contributed by atoms with Crippen LogP contribution in [0.4, 0.5) is 23.4 Å². The van der Waals surface area contributed by atoms with Crippen LogP contribution in [0, 0.1) is 0 Å². The minimum atomic E-state index is -4.27. The van der Waals surface area contributed by atoms with Crippen LogP contribution >= 0.6 is 0 Å². The summed E-state index contributed by atoms with van der Waals surface area (Å²) in [6.07, 6.45) is -1.59. The molecule has 18 heavy (non-hydrogen) atoms. The van der Waals surface area contributed by atoms with Crippen LogP contribution in [0.2, 0.25) is 0 Å². The Kier molecular flexibility index (Phi) is 4.40. The number of hydrogen-bond donors (Lipinski definition) is 2. The maximum absolute atomic E-state index is 12.5. The molecule has 9 heteroatoms. The van der Waals surface area contributed by atoms with Crippen molar-refractivity contribution in [1.29, 1.82) is 0 Å². The zero-order valence-electron chi connectivity index (χ0n) is 9.25. The predicted molar refractivity (Wildman–Crippen MR) is 54.9 cm³/mol. The largest absolute Gasteiger partial charge is 0.372 e. The molecular weight excluding hydrogens is 256 g/mol. The van der Waals surface area contributed by atoms with Crippen molar-refractivity contribution in [2.45, 2.75) is 12.3 Å². The van der Waals surface area contributed by atoms with E-state index in [0.29, 0.717) is 5.82 Å². The van der Waals surface area contributed by atoms with E-state index in [1.807, 2.05) is 0 Å². The molecule has 1 aromatic heterocycles. The summed E-state index contributed by atoms with van der Waals surface area (Å²) >= 11 is 0. The Morgan fingerprint density at radius 1 is 1.39 bits per heavy atom. The number of anilines is 1. The highest BCUT2D eigenvalue weighted by Crippen LogP contribution is 2.21. The molecule has 1 rings (SSSR count). The standard InChI is InChI=1S/C9H10F4N4O/c1-14-6-3-15-5(2-16-6)7(18)17-4-9(12,13)8(10)11/h2-3,8H,4H2,1H3,(H,14,16)(H,17,18). The Bertz CT molecular complexity index is 410. The molecule has 0 spiro atoms. The molecule has 1 aromatic rings. The number of nitrogens with zero attached hydrogens (tertiary/aromatic N) is 2. The fraction of sp³-hybridized carbons (Fsp3) is 0.444. The quantitative estimate of drug-likeness (QED) is 0.784. The molecule has 0 radical (unpaired) electrons. The summed E-state index contributed by atoms with van der Waals surface area (Å²) in [5, 5.41) is 4.31. The van der Waals surface area contributed by atoms with E-state index in [0.717, 1.165) is 6.20 Å². The number of alkyl halides is 4. The maximum atomic E-state index is 12.5. The minimum absolute atomic E-state index is 0.237. The first kappa shape index (κ1) is 14.1. The summed E-state index contributed by atoms with van der Waals surface area (Å²) in [4.78, 5) is 18.7. The van der Waals surface area contributed by atoms with Crippen LogP contribution in [0.15, 0.2) is 12.4 Å². The summed E-state index contributed by atoms with van der Waals surface area (Å²) in [6.45, 7) is -1.46. The van der Waals surface area contributed by atoms with Crippen LogP contribution in [-0.2, 0) is 0 Å². The lowest BCUT2D eigenvalue weighted by molar-refractivity contribution is -0.123. The molecule has 0 aliphatic carbocycles. The van der Waals surface area contributed by atoms with Gasteiger partial charge < -0.3 is 10.6 Å². The van der Waals surface area contributed by atoms with E-state index in [2.05, 4.69) is 15.3 Å². The van der Waals surface area contributed by atoms with Gasteiger partial charge in [0.25, 0.3) is 5.91 Å². The van der Waals surface area contributed by atoms with Crippen molar-refractivity contribution < 1.29 is 22.4 Å². The lowest BCUT2D eigenvalue weighted by Gasteiger charge is -2.15. The molecule has 0 unspecified atom stereocenters. The van der Waals surface area contributed by atoms with Gasteiger partial charge in [-0.05, 0) is 0 Å². The van der Waals surface area contributed by atoms with Gasteiger partial charge in [0.1, 0.15) is 11.5 Å². The molecule has 2 N–H and O–H groups in total. The van der Waals surface area contributed by atoms with Crippen molar-refractivity contribution in [2.24, 2.45) is 0 Å². The average molecular weight is 266 g/mol. The van der Waals surface area contributed by atoms with E-state index in [1.54, 1.807) is 12.4 Å². The number of nitrogens with one attached hydrogen (secondary N) is 2. The van der Waals surface area contributed by atoms with Gasteiger partial charge in [-0.25, -0.2) is 18.7 Å². The van der Waals surface area contributed by atoms with Gasteiger partial charge in [0.2, 0.25) is 0 Å². The molecule has 0 fully saturated rings. The first-order chi connectivity index (χ1) is 8.36. The first-order valence-electron chi connectivity index (χ1n) is 4.81. The second kappa shape index (κ2) is 5.61. The van der Waals surface area contributed by atoms with E-state index in [-0.39, 0.29) is 5.69 Å². The van der Waals surface area contributed by atoms with E-state index >= 15 is 0 Å². The zero-order valence-corrected chi connectivity index (χ0v) is 9.25. The number of rotatable bonds is 5. The topological polar surface area (TPSA) is 66.9 Å². The lowest BCUT2D eigenvalue weighted by atomic mass is 10.3. The Morgan fingerprint density at radius 3 is 2.50 bits per heavy atom. The second-order valence-electron chi connectivity index (χ2n) is 3.28. The van der Waals surface area contributed by atoms with Gasteiger partial charge in [0, 0.05) is 7.05 Å². The van der Waals surface area contributed by atoms with Crippen molar-refractivity contribution in [3.63, 3.8) is 0 Å². The van der Waals surface area contributed by atoms with Gasteiger partial charge in [-0.2, -0.15) is 8.78 Å². The molecule has 0 saturated carbocycles. The van der Waals surface area contributed by atoms with Crippen LogP contribution in [0.5, 0.6) is 0 Å². The summed E-state index contributed by atoms with van der Waals surface area (Å²) in [5.74, 6) is -4.89. The van der Waals surface area contributed by atoms with Gasteiger partial charge in [0.05, 0.1) is 18.9 Å². The summed E-state index contributed by atoms with van der Waals surface area (Å²) in [6, 6.07) is 0. The molecule has 5 nitrogen and oxygen atoms in total. The van der Waals surface area contributed by atoms with E-state index in [9.17, 15) is 22.4 Å². The molecule has 0 saturated heterocycles. The molecular formula is C9H10F4N4O. The van der Waals surface area contributed by atoms with Crippen molar-refractivity contribution in [3.05, 3.63) is 18.1 Å². The zero-order chi connectivity index (χ0) is 13.8. The number of carbonyl (C=O) groups excluding carboxylic acids is 1. The van der Waals surface area contributed by atoms with Crippen molar-refractivity contribution >= 4 is 11.7 Å². The Morgan fingerprint density at radius 2 is 2.06 bits per heavy atom. The second-order valence-corrected chi connectivity index (χ2v) is 3.28. The van der Waals surface area contributed by atoms with E-state index in [4.69, 9.17) is 0 Å². The van der Waals surface area contributed by atoms with Crippen LogP contribution < -0.4 is 10.6 Å². The smallest absolute Gasteiger partial charge is 0.324 e. The lowest BCUT2D eigenvalue weighted by Crippen LogP contribution is -2.41. The highest BCUT2D eigenvalue weighted by molar-refractivity contribution is 5.92. The minimum Gasteiger partial charge on any atom is -0.372 e. The third-order valence-electron chi connectivity index (χ3n) is 1.94. The number of halogens is 4. The molecule has 0 aliphatic heterocycles. The normalized spacial score (nSPS) is 11.4. The van der Waals surface area contributed by atoms with Gasteiger partial charge in [-0.3, -0.25) is 4.79 Å². The highest BCUT2D eigenvalue weighted by Gasteiger charge is 2.40. The van der Waals surface area contributed by atoms with Gasteiger partial charge in [-0.1, -0.05) is 0 Å². The van der Waals surface area contributed by atoms with Gasteiger partial charge in [-0.15, -0.1) is 0 Å². The predicted octanol–water partition coefficient (Wildman–Crippen LogP) is 1.15. The summed E-state index contributed by atoms with van der Waals surface area (Å²) in [7, 11) is 1.58. The molecule has 0 atom stereocenters. The molecule has 0 bridgehead atoms. The molecule has 0 aromatic carbocycles. The Hall–Kier alpha value is -1.93. The number of carbonyl (C=O) groups is 1. The van der Waals surface area contributed by atoms with Crippen molar-refractivity contribution in [1.82, 2.24) is 15.3 Å². The van der Waals surface area contributed by atoms with Crippen LogP contribution in [0.25, 0.3) is 0 Å². The summed E-state index contributed by atoms with van der Waals surface area (Å²) < 4.78 is 48.7. The van der Waals surface area contributed by atoms with Crippen LogP contribution in [0.3, 0.4) is 0 Å². The molecule has 1 heterocycles. The van der Waals surface area contributed by atoms with Crippen LogP contribution in [-0.4, -0.2) is 41.8 Å². The van der Waals surface area contributed by atoms with Crippen LogP contribution in [0.1, 0.15) is 10.5 Å². The number of amides is 1. The fourth-order valence-electron chi connectivity index (χ4n) is 0.940. The molecule has 0 aliphatic rings. The van der Waals surface area contributed by atoms with E-state index in [1.165, 1.54) is 6.20 Å². The number of aromatic nitrogens is 2. The number of hydrogen-bond acceptors (Lipinski definition) is 4. The SMILES string of the molecule is CNc1cnc(C(=O)NCC(F)(F)C(F)F)cn1. The van der Waals surface area contributed by atoms with Gasteiger partial charge >= 0.3 is 12.3 Å². The average Bonchev–Trinajstić information content (AvgIpc) is 2.36. The Balaban J connectivity index is 2.60. The van der Waals surface area contributed by atoms with Crippen molar-refractivity contribution in [3.8, 4) is 0 Å². The third-order valence-corrected chi connectivity index (χ3v) is 1.94. The summed E-state index contributed by atoms with van der Waals surface area (Å²) in [5.41, 5.74) is -0.237. The Labute approximate surface area is 99.6 Å².